The van der Waals surface area contributed by atoms with Gasteiger partial charge in [0, 0.05) is 3.57 Å². The topological polar surface area (TPSA) is 29.5 Å². The van der Waals surface area contributed by atoms with Crippen molar-refractivity contribution in [1.29, 1.82) is 0 Å². The van der Waals surface area contributed by atoms with Gasteiger partial charge in [-0.3, -0.25) is 0 Å². The SMILES string of the molecule is OC(CCl)COc1ccc(I)cc1. The third-order valence-electron chi connectivity index (χ3n) is 1.43. The van der Waals surface area contributed by atoms with Gasteiger partial charge in [0.1, 0.15) is 18.5 Å². The molecule has 0 fully saturated rings. The quantitative estimate of drug-likeness (QED) is 0.683. The highest BCUT2D eigenvalue weighted by Gasteiger charge is 2.02. The average molecular weight is 313 g/mol. The van der Waals surface area contributed by atoms with Gasteiger partial charge in [0.25, 0.3) is 0 Å². The van der Waals surface area contributed by atoms with Gasteiger partial charge in [-0.2, -0.15) is 0 Å². The van der Waals surface area contributed by atoms with E-state index in [9.17, 15) is 0 Å². The smallest absolute Gasteiger partial charge is 0.119 e. The summed E-state index contributed by atoms with van der Waals surface area (Å²) in [5, 5.41) is 9.12. The van der Waals surface area contributed by atoms with E-state index < -0.39 is 6.10 Å². The summed E-state index contributed by atoms with van der Waals surface area (Å²) in [5.41, 5.74) is 0. The molecule has 1 aromatic rings. The number of alkyl halides is 1. The molecule has 0 heterocycles. The summed E-state index contributed by atoms with van der Waals surface area (Å²) in [6.45, 7) is 0.240. The maximum atomic E-state index is 9.12. The molecule has 0 radical (unpaired) electrons. The van der Waals surface area contributed by atoms with Crippen molar-refractivity contribution in [3.05, 3.63) is 27.8 Å². The molecule has 1 N–H and O–H groups in total. The van der Waals surface area contributed by atoms with E-state index in [4.69, 9.17) is 21.4 Å². The third kappa shape index (κ3) is 4.15. The highest BCUT2D eigenvalue weighted by molar-refractivity contribution is 14.1. The molecule has 1 aromatic carbocycles. The Kier molecular flexibility index (Phi) is 4.83. The lowest BCUT2D eigenvalue weighted by Gasteiger charge is -2.09. The van der Waals surface area contributed by atoms with Crippen LogP contribution in [0, 0.1) is 3.57 Å². The largest absolute Gasteiger partial charge is 0.491 e. The van der Waals surface area contributed by atoms with Crippen LogP contribution in [0.3, 0.4) is 0 Å². The van der Waals surface area contributed by atoms with Gasteiger partial charge in [-0.25, -0.2) is 0 Å². The Morgan fingerprint density at radius 3 is 2.54 bits per heavy atom. The van der Waals surface area contributed by atoms with Gasteiger partial charge in [0.05, 0.1) is 5.88 Å². The van der Waals surface area contributed by atoms with E-state index >= 15 is 0 Å². The van der Waals surface area contributed by atoms with Crippen LogP contribution in [0.2, 0.25) is 0 Å². The van der Waals surface area contributed by atoms with E-state index in [0.717, 1.165) is 9.32 Å². The van der Waals surface area contributed by atoms with Crippen molar-refractivity contribution in [2.75, 3.05) is 12.5 Å². The molecule has 13 heavy (non-hydrogen) atoms. The molecule has 0 saturated heterocycles. The summed E-state index contributed by atoms with van der Waals surface area (Å²) in [4.78, 5) is 0. The molecule has 0 saturated carbocycles. The van der Waals surface area contributed by atoms with E-state index in [-0.39, 0.29) is 12.5 Å². The zero-order valence-corrected chi connectivity index (χ0v) is 9.83. The molecule has 0 aromatic heterocycles. The van der Waals surface area contributed by atoms with Crippen LogP contribution in [0.4, 0.5) is 0 Å². The van der Waals surface area contributed by atoms with Crippen LogP contribution < -0.4 is 4.74 Å². The van der Waals surface area contributed by atoms with E-state index in [1.54, 1.807) is 0 Å². The monoisotopic (exact) mass is 312 g/mol. The van der Waals surface area contributed by atoms with Crippen LogP contribution >= 0.6 is 34.2 Å². The van der Waals surface area contributed by atoms with Crippen molar-refractivity contribution in [1.82, 2.24) is 0 Å². The number of halogens is 2. The second kappa shape index (κ2) is 5.67. The molecule has 0 aliphatic carbocycles. The van der Waals surface area contributed by atoms with Gasteiger partial charge in [0.2, 0.25) is 0 Å². The summed E-state index contributed by atoms with van der Waals surface area (Å²) < 4.78 is 6.43. The van der Waals surface area contributed by atoms with E-state index in [1.165, 1.54) is 0 Å². The highest BCUT2D eigenvalue weighted by atomic mass is 127. The first-order valence-electron chi connectivity index (χ1n) is 3.85. The van der Waals surface area contributed by atoms with E-state index in [0.29, 0.717) is 0 Å². The van der Waals surface area contributed by atoms with Crippen LogP contribution in [-0.4, -0.2) is 23.7 Å². The van der Waals surface area contributed by atoms with Gasteiger partial charge in [-0.1, -0.05) is 0 Å². The molecule has 0 bridgehead atoms. The lowest BCUT2D eigenvalue weighted by Crippen LogP contribution is -2.18. The lowest BCUT2D eigenvalue weighted by atomic mass is 10.3. The van der Waals surface area contributed by atoms with Crippen LogP contribution in [0.15, 0.2) is 24.3 Å². The van der Waals surface area contributed by atoms with Gasteiger partial charge in [-0.15, -0.1) is 11.6 Å². The van der Waals surface area contributed by atoms with Crippen molar-refractivity contribution in [2.24, 2.45) is 0 Å². The van der Waals surface area contributed by atoms with Gasteiger partial charge < -0.3 is 9.84 Å². The standard InChI is InChI=1S/C9H10ClIO2/c10-5-8(12)6-13-9-3-1-7(11)2-4-9/h1-4,8,12H,5-6H2. The van der Waals surface area contributed by atoms with Crippen molar-refractivity contribution < 1.29 is 9.84 Å². The fourth-order valence-corrected chi connectivity index (χ4v) is 1.22. The summed E-state index contributed by atoms with van der Waals surface area (Å²) in [7, 11) is 0. The Morgan fingerprint density at radius 2 is 2.00 bits per heavy atom. The third-order valence-corrected chi connectivity index (χ3v) is 2.51. The molecule has 0 spiro atoms. The summed E-state index contributed by atoms with van der Waals surface area (Å²) in [6, 6.07) is 7.62. The summed E-state index contributed by atoms with van der Waals surface area (Å²) in [6.07, 6.45) is -0.596. The molecule has 72 valence electrons. The maximum Gasteiger partial charge on any atom is 0.119 e. The minimum atomic E-state index is -0.596. The molecule has 1 atom stereocenters. The minimum Gasteiger partial charge on any atom is -0.491 e. The Balaban J connectivity index is 2.41. The predicted molar refractivity (Wildman–Crippen MR) is 61.4 cm³/mol. The number of aliphatic hydroxyl groups is 1. The van der Waals surface area contributed by atoms with Gasteiger partial charge in [0.15, 0.2) is 0 Å². The second-order valence-electron chi connectivity index (χ2n) is 2.57. The molecular formula is C9H10ClIO2. The fraction of sp³-hybridized carbons (Fsp3) is 0.333. The first-order valence-corrected chi connectivity index (χ1v) is 5.46. The number of hydrogen-bond acceptors (Lipinski definition) is 2. The van der Waals surface area contributed by atoms with E-state index in [2.05, 4.69) is 22.6 Å². The van der Waals surface area contributed by atoms with Crippen molar-refractivity contribution in [2.45, 2.75) is 6.10 Å². The Hall–Kier alpha value is -0.000000000000000111. The molecule has 1 rings (SSSR count). The number of rotatable bonds is 4. The lowest BCUT2D eigenvalue weighted by molar-refractivity contribution is 0.125. The molecule has 4 heteroatoms. The molecule has 0 aliphatic heterocycles. The maximum absolute atomic E-state index is 9.12. The molecule has 0 aliphatic rings. The Labute approximate surface area is 96.0 Å². The second-order valence-corrected chi connectivity index (χ2v) is 4.13. The van der Waals surface area contributed by atoms with Crippen LogP contribution in [0.25, 0.3) is 0 Å². The fourth-order valence-electron chi connectivity index (χ4n) is 0.768. The first kappa shape index (κ1) is 11.1. The number of ether oxygens (including phenoxy) is 1. The van der Waals surface area contributed by atoms with Crippen molar-refractivity contribution in [3.63, 3.8) is 0 Å². The zero-order valence-electron chi connectivity index (χ0n) is 6.91. The molecule has 2 nitrogen and oxygen atoms in total. The van der Waals surface area contributed by atoms with Crippen molar-refractivity contribution >= 4 is 34.2 Å². The van der Waals surface area contributed by atoms with Crippen molar-refractivity contribution in [3.8, 4) is 5.75 Å². The molecule has 1 unspecified atom stereocenters. The van der Waals surface area contributed by atoms with Crippen LogP contribution in [0.1, 0.15) is 0 Å². The molecule has 0 amide bonds. The van der Waals surface area contributed by atoms with Crippen LogP contribution in [0.5, 0.6) is 5.75 Å². The Morgan fingerprint density at radius 1 is 1.38 bits per heavy atom. The zero-order chi connectivity index (χ0) is 9.68. The predicted octanol–water partition coefficient (Wildman–Crippen LogP) is 2.27. The van der Waals surface area contributed by atoms with Gasteiger partial charge in [-0.05, 0) is 46.9 Å². The average Bonchev–Trinajstić information content (AvgIpc) is 2.16. The summed E-state index contributed by atoms with van der Waals surface area (Å²) in [5.74, 6) is 0.953. The van der Waals surface area contributed by atoms with Crippen LogP contribution in [-0.2, 0) is 0 Å². The Bertz CT molecular complexity index is 250. The van der Waals surface area contributed by atoms with Gasteiger partial charge >= 0.3 is 0 Å². The number of benzene rings is 1. The number of hydrogen-bond donors (Lipinski definition) is 1. The molecular weight excluding hydrogens is 302 g/mol. The van der Waals surface area contributed by atoms with E-state index in [1.807, 2.05) is 24.3 Å². The number of aliphatic hydroxyl groups excluding tert-OH is 1. The normalized spacial score (nSPS) is 12.5. The minimum absolute atomic E-state index is 0.199. The summed E-state index contributed by atoms with van der Waals surface area (Å²) >= 11 is 7.63. The highest BCUT2D eigenvalue weighted by Crippen LogP contribution is 2.13. The first-order chi connectivity index (χ1) is 6.22.